The molecule has 9 heteroatoms. The van der Waals surface area contributed by atoms with Crippen molar-refractivity contribution in [2.45, 2.75) is 13.0 Å². The fourth-order valence-electron chi connectivity index (χ4n) is 1.78. The van der Waals surface area contributed by atoms with Gasteiger partial charge in [-0.25, -0.2) is 8.78 Å². The molecular formula is C17H15BrF2N2O4. The van der Waals surface area contributed by atoms with Crippen molar-refractivity contribution < 1.29 is 27.8 Å². The van der Waals surface area contributed by atoms with Crippen LogP contribution in [0.15, 0.2) is 46.9 Å². The molecule has 26 heavy (non-hydrogen) atoms. The number of amides is 2. The van der Waals surface area contributed by atoms with Crippen LogP contribution in [0.5, 0.6) is 11.5 Å². The highest BCUT2D eigenvalue weighted by atomic mass is 79.9. The fourth-order valence-corrected chi connectivity index (χ4v) is 2.11. The van der Waals surface area contributed by atoms with Crippen LogP contribution in [0.4, 0.5) is 8.78 Å². The zero-order valence-corrected chi connectivity index (χ0v) is 15.2. The van der Waals surface area contributed by atoms with Gasteiger partial charge in [0.05, 0.1) is 0 Å². The van der Waals surface area contributed by atoms with E-state index in [1.165, 1.54) is 43.3 Å². The van der Waals surface area contributed by atoms with Crippen LogP contribution in [0.25, 0.3) is 0 Å². The van der Waals surface area contributed by atoms with Gasteiger partial charge in [-0.1, -0.05) is 15.9 Å². The van der Waals surface area contributed by atoms with E-state index in [9.17, 15) is 18.4 Å². The monoisotopic (exact) mass is 428 g/mol. The molecule has 2 amide bonds. The van der Waals surface area contributed by atoms with Crippen LogP contribution in [0.3, 0.4) is 0 Å². The largest absolute Gasteiger partial charge is 0.481 e. The normalized spacial score (nSPS) is 11.4. The molecule has 0 aliphatic carbocycles. The molecule has 0 saturated carbocycles. The summed E-state index contributed by atoms with van der Waals surface area (Å²) in [7, 11) is 0. The van der Waals surface area contributed by atoms with Crippen molar-refractivity contribution in [2.24, 2.45) is 0 Å². The molecule has 2 aromatic rings. The second-order valence-corrected chi connectivity index (χ2v) is 6.03. The van der Waals surface area contributed by atoms with Crippen LogP contribution in [-0.4, -0.2) is 24.5 Å². The zero-order chi connectivity index (χ0) is 19.1. The number of hydrogen-bond donors (Lipinski definition) is 2. The second-order valence-electron chi connectivity index (χ2n) is 5.11. The minimum absolute atomic E-state index is 0.0947. The zero-order valence-electron chi connectivity index (χ0n) is 13.6. The number of benzene rings is 2. The van der Waals surface area contributed by atoms with Crippen molar-refractivity contribution in [1.29, 1.82) is 0 Å². The molecule has 2 rings (SSSR count). The van der Waals surface area contributed by atoms with Crippen LogP contribution in [-0.2, 0) is 9.59 Å². The van der Waals surface area contributed by atoms with Gasteiger partial charge < -0.3 is 9.47 Å². The number of hydrogen-bond acceptors (Lipinski definition) is 4. The summed E-state index contributed by atoms with van der Waals surface area (Å²) in [6.07, 6.45) is -0.939. The van der Waals surface area contributed by atoms with Crippen LogP contribution in [0, 0.1) is 11.6 Å². The van der Waals surface area contributed by atoms with Crippen molar-refractivity contribution in [3.8, 4) is 11.5 Å². The first kappa shape index (κ1) is 19.6. The van der Waals surface area contributed by atoms with Gasteiger partial charge in [-0.2, -0.15) is 0 Å². The molecule has 0 radical (unpaired) electrons. The van der Waals surface area contributed by atoms with E-state index in [-0.39, 0.29) is 5.75 Å². The third-order valence-corrected chi connectivity index (χ3v) is 3.57. The van der Waals surface area contributed by atoms with E-state index >= 15 is 0 Å². The molecule has 2 N–H and O–H groups in total. The van der Waals surface area contributed by atoms with E-state index in [2.05, 4.69) is 26.8 Å². The van der Waals surface area contributed by atoms with E-state index in [4.69, 9.17) is 9.47 Å². The molecule has 6 nitrogen and oxygen atoms in total. The van der Waals surface area contributed by atoms with Crippen LogP contribution >= 0.6 is 15.9 Å². The van der Waals surface area contributed by atoms with Gasteiger partial charge in [-0.15, -0.1) is 0 Å². The van der Waals surface area contributed by atoms with Gasteiger partial charge in [0.15, 0.2) is 24.3 Å². The van der Waals surface area contributed by atoms with E-state index in [0.29, 0.717) is 10.2 Å². The number of nitrogens with one attached hydrogen (secondary N) is 2. The Labute approximate surface area is 156 Å². The predicted octanol–water partition coefficient (Wildman–Crippen LogP) is 2.72. The minimum Gasteiger partial charge on any atom is -0.481 e. The Morgan fingerprint density at radius 3 is 2.46 bits per heavy atom. The first-order valence-corrected chi connectivity index (χ1v) is 8.23. The van der Waals surface area contributed by atoms with Crippen molar-refractivity contribution in [1.82, 2.24) is 10.9 Å². The van der Waals surface area contributed by atoms with Crippen molar-refractivity contribution in [2.75, 3.05) is 6.61 Å². The molecular weight excluding hydrogens is 414 g/mol. The Morgan fingerprint density at radius 2 is 1.81 bits per heavy atom. The molecule has 1 unspecified atom stereocenters. The van der Waals surface area contributed by atoms with E-state index in [0.717, 1.165) is 0 Å². The van der Waals surface area contributed by atoms with Crippen LogP contribution < -0.4 is 20.3 Å². The first-order valence-electron chi connectivity index (χ1n) is 7.44. The molecule has 0 aliphatic heterocycles. The second kappa shape index (κ2) is 9.14. The third-order valence-electron chi connectivity index (χ3n) is 3.07. The quantitative estimate of drug-likeness (QED) is 0.693. The maximum absolute atomic E-state index is 13.6. The Kier molecular flexibility index (Phi) is 6.90. The lowest BCUT2D eigenvalue weighted by atomic mass is 10.3. The van der Waals surface area contributed by atoms with Gasteiger partial charge in [0.2, 0.25) is 0 Å². The van der Waals surface area contributed by atoms with Gasteiger partial charge in [0.25, 0.3) is 11.8 Å². The van der Waals surface area contributed by atoms with Gasteiger partial charge in [-0.3, -0.25) is 20.4 Å². The molecule has 2 aromatic carbocycles. The number of carbonyl (C=O) groups is 2. The van der Waals surface area contributed by atoms with E-state index in [1.807, 2.05) is 0 Å². The number of halogens is 3. The SMILES string of the molecule is CC(Oc1ccc(F)cc1)C(=O)NNC(=O)COc1ccc(Br)cc1F. The number of ether oxygens (including phenoxy) is 2. The summed E-state index contributed by atoms with van der Waals surface area (Å²) in [5.74, 6) is -2.16. The standard InChI is InChI=1S/C17H15BrF2N2O4/c1-10(26-13-5-3-12(19)4-6-13)17(24)22-21-16(23)9-25-15-7-2-11(18)8-14(15)20/h2-8,10H,9H2,1H3,(H,21,23)(H,22,24). The number of carbonyl (C=O) groups excluding carboxylic acids is 2. The fraction of sp³-hybridized carbons (Fsp3) is 0.176. The molecule has 0 aliphatic rings. The Bertz CT molecular complexity index is 787. The minimum atomic E-state index is -0.939. The van der Waals surface area contributed by atoms with Crippen molar-refractivity contribution >= 4 is 27.7 Å². The summed E-state index contributed by atoms with van der Waals surface area (Å²) in [5.41, 5.74) is 4.28. The maximum Gasteiger partial charge on any atom is 0.279 e. The Hall–Kier alpha value is -2.68. The molecule has 0 spiro atoms. The average Bonchev–Trinajstić information content (AvgIpc) is 2.60. The molecule has 0 heterocycles. The lowest BCUT2D eigenvalue weighted by molar-refractivity contribution is -0.133. The molecule has 138 valence electrons. The van der Waals surface area contributed by atoms with Crippen molar-refractivity contribution in [3.63, 3.8) is 0 Å². The average molecular weight is 429 g/mol. The van der Waals surface area contributed by atoms with Crippen LogP contribution in [0.2, 0.25) is 0 Å². The molecule has 0 aromatic heterocycles. The van der Waals surface area contributed by atoms with Gasteiger partial charge in [0, 0.05) is 4.47 Å². The van der Waals surface area contributed by atoms with E-state index in [1.54, 1.807) is 6.07 Å². The van der Waals surface area contributed by atoms with E-state index < -0.39 is 36.2 Å². The molecule has 0 fully saturated rings. The smallest absolute Gasteiger partial charge is 0.279 e. The summed E-state index contributed by atoms with van der Waals surface area (Å²) < 4.78 is 37.2. The third kappa shape index (κ3) is 5.99. The topological polar surface area (TPSA) is 76.7 Å². The Balaban J connectivity index is 1.75. The summed E-state index contributed by atoms with van der Waals surface area (Å²) in [5, 5.41) is 0. The summed E-state index contributed by atoms with van der Waals surface area (Å²) >= 11 is 3.11. The number of hydrazine groups is 1. The van der Waals surface area contributed by atoms with Gasteiger partial charge in [0.1, 0.15) is 11.6 Å². The van der Waals surface area contributed by atoms with Crippen molar-refractivity contribution in [3.05, 3.63) is 58.6 Å². The molecule has 0 bridgehead atoms. The van der Waals surface area contributed by atoms with Crippen LogP contribution in [0.1, 0.15) is 6.92 Å². The predicted molar refractivity (Wildman–Crippen MR) is 92.4 cm³/mol. The lowest BCUT2D eigenvalue weighted by Gasteiger charge is -2.15. The molecule has 0 saturated heterocycles. The summed E-state index contributed by atoms with van der Waals surface area (Å²) in [4.78, 5) is 23.5. The highest BCUT2D eigenvalue weighted by Gasteiger charge is 2.16. The lowest BCUT2D eigenvalue weighted by Crippen LogP contribution is -2.48. The maximum atomic E-state index is 13.6. The summed E-state index contributed by atoms with van der Waals surface area (Å²) in [6, 6.07) is 9.26. The highest BCUT2D eigenvalue weighted by molar-refractivity contribution is 9.10. The first-order chi connectivity index (χ1) is 12.3. The van der Waals surface area contributed by atoms with Gasteiger partial charge >= 0.3 is 0 Å². The highest BCUT2D eigenvalue weighted by Crippen LogP contribution is 2.21. The van der Waals surface area contributed by atoms with Gasteiger partial charge in [-0.05, 0) is 49.4 Å². The number of rotatable bonds is 6. The molecule has 1 atom stereocenters. The Morgan fingerprint density at radius 1 is 1.12 bits per heavy atom. The summed E-state index contributed by atoms with van der Waals surface area (Å²) in [6.45, 7) is 0.963.